The van der Waals surface area contributed by atoms with Gasteiger partial charge in [-0.2, -0.15) is 0 Å². The zero-order valence-corrected chi connectivity index (χ0v) is 20.2. The first-order chi connectivity index (χ1) is 15.6. The molecule has 6 nitrogen and oxygen atoms in total. The van der Waals surface area contributed by atoms with Gasteiger partial charge in [0, 0.05) is 50.2 Å². The van der Waals surface area contributed by atoms with E-state index in [0.29, 0.717) is 35.4 Å². The second kappa shape index (κ2) is 9.92. The molecule has 0 aromatic heterocycles. The first kappa shape index (κ1) is 24.5. The number of anilines is 1. The summed E-state index contributed by atoms with van der Waals surface area (Å²) in [4.78, 5) is 31.7. The molecule has 3 amide bonds. The molecule has 3 aliphatic rings. The van der Waals surface area contributed by atoms with Crippen LogP contribution in [0.1, 0.15) is 45.4 Å². The molecule has 182 valence electrons. The summed E-state index contributed by atoms with van der Waals surface area (Å²) in [6.07, 6.45) is 3.36. The highest BCUT2D eigenvalue weighted by Crippen LogP contribution is 2.34. The molecule has 0 radical (unpaired) electrons. The first-order valence-corrected chi connectivity index (χ1v) is 12.4. The van der Waals surface area contributed by atoms with E-state index in [4.69, 9.17) is 23.2 Å². The number of carbonyl (C=O) groups excluding carboxylic acids is 2. The molecular weight excluding hydrogens is 473 g/mol. The fraction of sp³-hybridized carbons (Fsp3) is 0.652. The predicted octanol–water partition coefficient (Wildman–Crippen LogP) is 5.10. The van der Waals surface area contributed by atoms with E-state index in [0.717, 1.165) is 32.2 Å². The minimum absolute atomic E-state index is 0.00642. The summed E-state index contributed by atoms with van der Waals surface area (Å²) < 4.78 is 26.7. The van der Waals surface area contributed by atoms with Gasteiger partial charge in [-0.05, 0) is 57.4 Å². The van der Waals surface area contributed by atoms with Crippen LogP contribution < -0.4 is 5.32 Å². The average molecular weight is 503 g/mol. The molecule has 1 aromatic rings. The normalized spacial score (nSPS) is 27.5. The monoisotopic (exact) mass is 502 g/mol. The second-order valence-corrected chi connectivity index (χ2v) is 10.2. The third-order valence-corrected chi connectivity index (χ3v) is 7.88. The van der Waals surface area contributed by atoms with Gasteiger partial charge in [0.25, 0.3) is 5.92 Å². The molecule has 3 saturated heterocycles. The summed E-state index contributed by atoms with van der Waals surface area (Å²) >= 11 is 12.0. The number of likely N-dealkylation sites (tertiary alicyclic amines) is 1. The molecule has 0 bridgehead atoms. The lowest BCUT2D eigenvalue weighted by atomic mass is 10.0. The van der Waals surface area contributed by atoms with Crippen LogP contribution in [0, 0.1) is 0 Å². The Morgan fingerprint density at radius 1 is 1.18 bits per heavy atom. The minimum Gasteiger partial charge on any atom is -0.333 e. The van der Waals surface area contributed by atoms with Crippen molar-refractivity contribution < 1.29 is 18.4 Å². The average Bonchev–Trinajstić information content (AvgIpc) is 3.17. The van der Waals surface area contributed by atoms with E-state index in [1.807, 2.05) is 4.90 Å². The van der Waals surface area contributed by atoms with E-state index in [1.165, 1.54) is 0 Å². The van der Waals surface area contributed by atoms with Crippen molar-refractivity contribution in [3.05, 3.63) is 28.2 Å². The van der Waals surface area contributed by atoms with Gasteiger partial charge in [0.15, 0.2) is 0 Å². The minimum atomic E-state index is -2.52. The Kier molecular flexibility index (Phi) is 7.36. The van der Waals surface area contributed by atoms with Crippen LogP contribution in [0.5, 0.6) is 0 Å². The second-order valence-electron chi connectivity index (χ2n) is 9.36. The van der Waals surface area contributed by atoms with Crippen LogP contribution in [0.4, 0.5) is 19.3 Å². The molecule has 10 heteroatoms. The third kappa shape index (κ3) is 5.54. The Balaban J connectivity index is 1.30. The molecule has 33 heavy (non-hydrogen) atoms. The van der Waals surface area contributed by atoms with Crippen molar-refractivity contribution in [3.8, 4) is 0 Å². The number of benzene rings is 1. The number of piperazine rings is 1. The number of piperidine rings is 1. The van der Waals surface area contributed by atoms with Gasteiger partial charge < -0.3 is 20.0 Å². The fourth-order valence-corrected chi connectivity index (χ4v) is 5.50. The summed E-state index contributed by atoms with van der Waals surface area (Å²) in [5.41, 5.74) is 0.524. The van der Waals surface area contributed by atoms with Crippen LogP contribution in [-0.2, 0) is 4.79 Å². The van der Waals surface area contributed by atoms with Gasteiger partial charge in [0.2, 0.25) is 5.91 Å². The van der Waals surface area contributed by atoms with Crippen LogP contribution >= 0.6 is 23.2 Å². The molecule has 3 atom stereocenters. The third-order valence-electron chi connectivity index (χ3n) is 7.14. The van der Waals surface area contributed by atoms with Crippen molar-refractivity contribution in [2.45, 2.75) is 69.5 Å². The highest BCUT2D eigenvalue weighted by Gasteiger charge is 2.46. The Labute approximate surface area is 203 Å². The van der Waals surface area contributed by atoms with E-state index in [1.54, 1.807) is 30.0 Å². The number of rotatable bonds is 5. The number of alkyl halides is 2. The van der Waals surface area contributed by atoms with Crippen LogP contribution in [-0.4, -0.2) is 76.9 Å². The number of nitrogens with zero attached hydrogens (tertiary/aromatic N) is 3. The zero-order valence-electron chi connectivity index (χ0n) is 18.7. The van der Waals surface area contributed by atoms with Crippen molar-refractivity contribution >= 4 is 40.8 Å². The van der Waals surface area contributed by atoms with E-state index in [-0.39, 0.29) is 36.9 Å². The van der Waals surface area contributed by atoms with Gasteiger partial charge in [0.05, 0.1) is 10.0 Å². The van der Waals surface area contributed by atoms with Gasteiger partial charge in [0.1, 0.15) is 6.04 Å². The Morgan fingerprint density at radius 3 is 2.61 bits per heavy atom. The van der Waals surface area contributed by atoms with Crippen molar-refractivity contribution in [1.82, 2.24) is 14.7 Å². The van der Waals surface area contributed by atoms with Gasteiger partial charge in [-0.15, -0.1) is 0 Å². The number of nitrogens with one attached hydrogen (secondary N) is 1. The summed E-state index contributed by atoms with van der Waals surface area (Å²) in [5.74, 6) is -2.56. The molecule has 0 unspecified atom stereocenters. The molecule has 0 aliphatic carbocycles. The summed E-state index contributed by atoms with van der Waals surface area (Å²) in [5, 5.41) is 3.56. The standard InChI is InChI=1S/C23H30Cl2F2N4O2/c1-15-21(32)31-17(3-2-10-29-11-8-23(26,27)9-12-29)5-6-18(31)14-30(15)22(33)28-16-4-7-19(24)20(25)13-16/h4,7,13,15,17-18H,2-3,5-6,8-12,14H2,1H3,(H,28,33)/t15-,17-,18-/m0/s1. The van der Waals surface area contributed by atoms with Gasteiger partial charge in [-0.25, -0.2) is 13.6 Å². The SMILES string of the molecule is C[C@H]1C(=O)N2[C@@H](CCCN3CCC(F)(F)CC3)CC[C@H]2CN1C(=O)Nc1ccc(Cl)c(Cl)c1. The number of urea groups is 1. The maximum absolute atomic E-state index is 13.3. The van der Waals surface area contributed by atoms with Gasteiger partial charge >= 0.3 is 6.03 Å². The lowest BCUT2D eigenvalue weighted by Crippen LogP contribution is -2.62. The molecule has 4 rings (SSSR count). The van der Waals surface area contributed by atoms with E-state index in [9.17, 15) is 18.4 Å². The van der Waals surface area contributed by atoms with E-state index >= 15 is 0 Å². The molecule has 3 aliphatic heterocycles. The lowest BCUT2D eigenvalue weighted by molar-refractivity contribution is -0.143. The smallest absolute Gasteiger partial charge is 0.322 e. The van der Waals surface area contributed by atoms with Crippen molar-refractivity contribution in [3.63, 3.8) is 0 Å². The van der Waals surface area contributed by atoms with Crippen LogP contribution in [0.25, 0.3) is 0 Å². The molecule has 3 heterocycles. The molecular formula is C23H30Cl2F2N4O2. The Bertz CT molecular complexity index is 893. The first-order valence-electron chi connectivity index (χ1n) is 11.6. The number of hydrogen-bond donors (Lipinski definition) is 1. The highest BCUT2D eigenvalue weighted by molar-refractivity contribution is 6.42. The maximum Gasteiger partial charge on any atom is 0.322 e. The predicted molar refractivity (Wildman–Crippen MR) is 125 cm³/mol. The molecule has 3 fully saturated rings. The van der Waals surface area contributed by atoms with Crippen LogP contribution in [0.3, 0.4) is 0 Å². The maximum atomic E-state index is 13.3. The number of fused-ring (bicyclic) bond motifs is 1. The summed E-state index contributed by atoms with van der Waals surface area (Å²) in [7, 11) is 0. The van der Waals surface area contributed by atoms with E-state index in [2.05, 4.69) is 10.2 Å². The number of amides is 3. The number of halogens is 4. The number of carbonyl (C=O) groups is 2. The fourth-order valence-electron chi connectivity index (χ4n) is 5.20. The summed E-state index contributed by atoms with van der Waals surface area (Å²) in [6, 6.07) is 4.13. The number of hydrogen-bond acceptors (Lipinski definition) is 3. The van der Waals surface area contributed by atoms with Gasteiger partial charge in [-0.1, -0.05) is 23.2 Å². The van der Waals surface area contributed by atoms with Crippen molar-refractivity contribution in [2.75, 3.05) is 31.5 Å². The summed E-state index contributed by atoms with van der Waals surface area (Å²) in [6.45, 7) is 3.90. The zero-order chi connectivity index (χ0) is 23.8. The Morgan fingerprint density at radius 2 is 1.91 bits per heavy atom. The lowest BCUT2D eigenvalue weighted by Gasteiger charge is -2.43. The van der Waals surface area contributed by atoms with Gasteiger partial charge in [-0.3, -0.25) is 4.79 Å². The molecule has 1 N–H and O–H groups in total. The largest absolute Gasteiger partial charge is 0.333 e. The Hall–Kier alpha value is -1.64. The molecule has 0 saturated carbocycles. The highest BCUT2D eigenvalue weighted by atomic mass is 35.5. The topological polar surface area (TPSA) is 55.9 Å². The van der Waals surface area contributed by atoms with Crippen LogP contribution in [0.15, 0.2) is 18.2 Å². The van der Waals surface area contributed by atoms with Crippen molar-refractivity contribution in [2.24, 2.45) is 0 Å². The molecule has 0 spiro atoms. The van der Waals surface area contributed by atoms with E-state index < -0.39 is 12.0 Å². The van der Waals surface area contributed by atoms with Crippen molar-refractivity contribution in [1.29, 1.82) is 0 Å². The quantitative estimate of drug-likeness (QED) is 0.609. The van der Waals surface area contributed by atoms with Crippen LogP contribution in [0.2, 0.25) is 10.0 Å². The molecule has 1 aromatic carbocycles.